The molecule has 0 aliphatic carbocycles. The number of nitrogens with one attached hydrogen (secondary N) is 1. The molecule has 1 N–H and O–H groups in total. The quantitative estimate of drug-likeness (QED) is 0.633. The van der Waals surface area contributed by atoms with Gasteiger partial charge in [0.15, 0.2) is 0 Å². The van der Waals surface area contributed by atoms with Crippen LogP contribution in [0.2, 0.25) is 5.02 Å². The Morgan fingerprint density at radius 2 is 1.72 bits per heavy atom. The van der Waals surface area contributed by atoms with E-state index in [-0.39, 0.29) is 17.9 Å². The molecule has 0 bridgehead atoms. The molecule has 0 saturated carbocycles. The number of carbonyl (C=O) groups excluding carboxylic acids is 2. The van der Waals surface area contributed by atoms with E-state index in [1.54, 1.807) is 11.8 Å². The fourth-order valence-corrected chi connectivity index (χ4v) is 3.25. The first-order valence-electron chi connectivity index (χ1n) is 10.2. The summed E-state index contributed by atoms with van der Waals surface area (Å²) < 4.78 is 0. The summed E-state index contributed by atoms with van der Waals surface area (Å²) in [6.07, 6.45) is 1.69. The highest BCUT2D eigenvalue weighted by molar-refractivity contribution is 6.31. The van der Waals surface area contributed by atoms with Crippen molar-refractivity contribution in [3.63, 3.8) is 0 Å². The highest BCUT2D eigenvalue weighted by Crippen LogP contribution is 2.18. The summed E-state index contributed by atoms with van der Waals surface area (Å²) in [6, 6.07) is 15.1. The Balaban J connectivity index is 2.15. The average molecular weight is 415 g/mol. The number of aryl methyl sites for hydroxylation is 2. The van der Waals surface area contributed by atoms with E-state index in [4.69, 9.17) is 11.6 Å². The lowest BCUT2D eigenvalue weighted by Gasteiger charge is -2.30. The molecule has 5 heteroatoms. The van der Waals surface area contributed by atoms with Gasteiger partial charge >= 0.3 is 0 Å². The first-order chi connectivity index (χ1) is 13.8. The van der Waals surface area contributed by atoms with Gasteiger partial charge in [-0.15, -0.1) is 0 Å². The molecule has 4 nitrogen and oxygen atoms in total. The van der Waals surface area contributed by atoms with Crippen LogP contribution in [0.5, 0.6) is 0 Å². The van der Waals surface area contributed by atoms with Gasteiger partial charge in [-0.2, -0.15) is 0 Å². The van der Waals surface area contributed by atoms with Crippen LogP contribution in [0, 0.1) is 6.92 Å². The Morgan fingerprint density at radius 1 is 1.07 bits per heavy atom. The fraction of sp³-hybridized carbons (Fsp3) is 0.417. The van der Waals surface area contributed by atoms with Crippen molar-refractivity contribution in [2.75, 3.05) is 0 Å². The average Bonchev–Trinajstić information content (AvgIpc) is 2.71. The monoisotopic (exact) mass is 414 g/mol. The summed E-state index contributed by atoms with van der Waals surface area (Å²) in [5.41, 5.74) is 3.10. The van der Waals surface area contributed by atoms with Gasteiger partial charge < -0.3 is 10.2 Å². The van der Waals surface area contributed by atoms with E-state index < -0.39 is 6.04 Å². The summed E-state index contributed by atoms with van der Waals surface area (Å²) in [7, 11) is 0. The zero-order valence-corrected chi connectivity index (χ0v) is 18.5. The lowest BCUT2D eigenvalue weighted by atomic mass is 10.1. The van der Waals surface area contributed by atoms with Gasteiger partial charge in [-0.05, 0) is 50.8 Å². The van der Waals surface area contributed by atoms with Gasteiger partial charge in [-0.1, -0.05) is 66.6 Å². The van der Waals surface area contributed by atoms with Gasteiger partial charge in [0.2, 0.25) is 11.8 Å². The minimum absolute atomic E-state index is 0.0581. The van der Waals surface area contributed by atoms with E-state index in [0.29, 0.717) is 24.4 Å². The Hall–Kier alpha value is -2.33. The second kappa shape index (κ2) is 11.0. The Labute approximate surface area is 179 Å². The van der Waals surface area contributed by atoms with Crippen LogP contribution < -0.4 is 5.32 Å². The highest BCUT2D eigenvalue weighted by Gasteiger charge is 2.26. The molecule has 0 aliphatic rings. The van der Waals surface area contributed by atoms with Crippen molar-refractivity contribution >= 4 is 23.4 Å². The van der Waals surface area contributed by atoms with E-state index in [1.807, 2.05) is 69.3 Å². The number of nitrogens with zero attached hydrogens (tertiary/aromatic N) is 1. The lowest BCUT2D eigenvalue weighted by molar-refractivity contribution is -0.140. The molecule has 2 atom stereocenters. The third kappa shape index (κ3) is 6.90. The lowest BCUT2D eigenvalue weighted by Crippen LogP contribution is -2.49. The van der Waals surface area contributed by atoms with Crippen LogP contribution in [-0.2, 0) is 22.6 Å². The minimum atomic E-state index is -0.552. The molecule has 2 aromatic carbocycles. The van der Waals surface area contributed by atoms with Gasteiger partial charge in [0.25, 0.3) is 0 Å². The number of benzene rings is 2. The van der Waals surface area contributed by atoms with Crippen molar-refractivity contribution < 1.29 is 9.59 Å². The third-order valence-corrected chi connectivity index (χ3v) is 5.58. The molecule has 0 radical (unpaired) electrons. The summed E-state index contributed by atoms with van der Waals surface area (Å²) in [6.45, 7) is 8.21. The zero-order valence-electron chi connectivity index (χ0n) is 17.7. The normalized spacial score (nSPS) is 12.9. The van der Waals surface area contributed by atoms with Crippen molar-refractivity contribution in [2.45, 2.75) is 65.6 Å². The van der Waals surface area contributed by atoms with Crippen molar-refractivity contribution in [3.05, 3.63) is 70.2 Å². The van der Waals surface area contributed by atoms with Gasteiger partial charge in [0, 0.05) is 24.0 Å². The molecule has 0 aromatic heterocycles. The maximum Gasteiger partial charge on any atom is 0.242 e. The van der Waals surface area contributed by atoms with Crippen LogP contribution in [0.3, 0.4) is 0 Å². The summed E-state index contributed by atoms with van der Waals surface area (Å²) in [4.78, 5) is 27.5. The maximum absolute atomic E-state index is 13.1. The van der Waals surface area contributed by atoms with Crippen molar-refractivity contribution in [3.8, 4) is 0 Å². The first kappa shape index (κ1) is 23.0. The van der Waals surface area contributed by atoms with Crippen molar-refractivity contribution in [1.29, 1.82) is 0 Å². The van der Waals surface area contributed by atoms with Crippen LogP contribution in [0.1, 0.15) is 50.3 Å². The molecule has 0 saturated heterocycles. The first-order valence-corrected chi connectivity index (χ1v) is 10.6. The smallest absolute Gasteiger partial charge is 0.242 e. The Bertz CT molecular complexity index is 820. The number of hydrogen-bond acceptors (Lipinski definition) is 2. The molecule has 29 heavy (non-hydrogen) atoms. The van der Waals surface area contributed by atoms with Crippen LogP contribution >= 0.6 is 11.6 Å². The molecular weight excluding hydrogens is 384 g/mol. The molecule has 0 aliphatic heterocycles. The summed E-state index contributed by atoms with van der Waals surface area (Å²) >= 11 is 6.23. The van der Waals surface area contributed by atoms with E-state index in [0.717, 1.165) is 23.1 Å². The van der Waals surface area contributed by atoms with Crippen LogP contribution in [-0.4, -0.2) is 28.8 Å². The number of hydrogen-bond donors (Lipinski definition) is 1. The minimum Gasteiger partial charge on any atom is -0.352 e. The second-order valence-corrected chi connectivity index (χ2v) is 8.00. The summed E-state index contributed by atoms with van der Waals surface area (Å²) in [5, 5.41) is 3.65. The summed E-state index contributed by atoms with van der Waals surface area (Å²) in [5.74, 6) is -0.185. The SMILES string of the molecule is CC[C@@H](C)NC(=O)[C@@H](C)N(Cc1ccc(C)cc1)C(=O)CCc1ccccc1Cl. The van der Waals surface area contributed by atoms with E-state index >= 15 is 0 Å². The molecule has 2 amide bonds. The molecule has 0 unspecified atom stereocenters. The maximum atomic E-state index is 13.1. The molecule has 156 valence electrons. The van der Waals surface area contributed by atoms with E-state index in [2.05, 4.69) is 5.32 Å². The van der Waals surface area contributed by atoms with Crippen LogP contribution in [0.15, 0.2) is 48.5 Å². The number of rotatable bonds is 9. The fourth-order valence-electron chi connectivity index (χ4n) is 3.02. The molecule has 2 rings (SSSR count). The van der Waals surface area contributed by atoms with E-state index in [9.17, 15) is 9.59 Å². The topological polar surface area (TPSA) is 49.4 Å². The largest absolute Gasteiger partial charge is 0.352 e. The van der Waals surface area contributed by atoms with Gasteiger partial charge in [0.05, 0.1) is 0 Å². The van der Waals surface area contributed by atoms with E-state index in [1.165, 1.54) is 0 Å². The highest BCUT2D eigenvalue weighted by atomic mass is 35.5. The van der Waals surface area contributed by atoms with Crippen molar-refractivity contribution in [1.82, 2.24) is 10.2 Å². The van der Waals surface area contributed by atoms with Crippen LogP contribution in [0.25, 0.3) is 0 Å². The second-order valence-electron chi connectivity index (χ2n) is 7.59. The Kier molecular flexibility index (Phi) is 8.71. The molecule has 0 fully saturated rings. The number of carbonyl (C=O) groups is 2. The molecule has 0 heterocycles. The predicted octanol–water partition coefficient (Wildman–Crippen LogP) is 4.91. The predicted molar refractivity (Wildman–Crippen MR) is 119 cm³/mol. The van der Waals surface area contributed by atoms with Gasteiger partial charge in [-0.3, -0.25) is 9.59 Å². The standard InChI is InChI=1S/C24H31ClN2O2/c1-5-18(3)26-24(29)19(4)27(16-20-12-10-17(2)11-13-20)23(28)15-14-21-8-6-7-9-22(21)25/h6-13,18-19H,5,14-16H2,1-4H3,(H,26,29)/t18-,19-/m1/s1. The zero-order chi connectivity index (χ0) is 21.4. The number of halogens is 1. The number of amides is 2. The Morgan fingerprint density at radius 3 is 2.34 bits per heavy atom. The van der Waals surface area contributed by atoms with Crippen molar-refractivity contribution in [2.24, 2.45) is 0 Å². The molecular formula is C24H31ClN2O2. The van der Waals surface area contributed by atoms with Crippen LogP contribution in [0.4, 0.5) is 0 Å². The molecule has 0 spiro atoms. The third-order valence-electron chi connectivity index (χ3n) is 5.21. The molecule has 2 aromatic rings. The van der Waals surface area contributed by atoms with Gasteiger partial charge in [0.1, 0.15) is 6.04 Å². The van der Waals surface area contributed by atoms with Gasteiger partial charge in [-0.25, -0.2) is 0 Å².